The van der Waals surface area contributed by atoms with Gasteiger partial charge in [0.25, 0.3) is 5.91 Å². The lowest BCUT2D eigenvalue weighted by molar-refractivity contribution is 0.0949. The van der Waals surface area contributed by atoms with Crippen molar-refractivity contribution in [2.45, 2.75) is 12.8 Å². The van der Waals surface area contributed by atoms with Gasteiger partial charge in [-0.25, -0.2) is 9.97 Å². The molecular formula is C15H16N4O2. The summed E-state index contributed by atoms with van der Waals surface area (Å²) < 4.78 is 0. The van der Waals surface area contributed by atoms with Crippen molar-refractivity contribution in [2.24, 2.45) is 0 Å². The molecule has 0 unspecified atom stereocenters. The van der Waals surface area contributed by atoms with Gasteiger partial charge in [-0.2, -0.15) is 0 Å². The van der Waals surface area contributed by atoms with E-state index < -0.39 is 0 Å². The van der Waals surface area contributed by atoms with Crippen molar-refractivity contribution in [3.05, 3.63) is 47.8 Å². The van der Waals surface area contributed by atoms with Gasteiger partial charge in [0.1, 0.15) is 5.69 Å². The molecule has 0 aliphatic rings. The average Bonchev–Trinajstić information content (AvgIpc) is 3.01. The molecule has 0 fully saturated rings. The van der Waals surface area contributed by atoms with Crippen LogP contribution in [0.4, 0.5) is 0 Å². The minimum Gasteiger partial charge on any atom is -0.395 e. The van der Waals surface area contributed by atoms with Crippen LogP contribution in [0.25, 0.3) is 0 Å². The number of carbonyl (C=O) groups is 1. The monoisotopic (exact) mass is 284 g/mol. The van der Waals surface area contributed by atoms with Gasteiger partial charge in [0, 0.05) is 43.0 Å². The number of aromatic nitrogens is 3. The zero-order valence-electron chi connectivity index (χ0n) is 11.5. The van der Waals surface area contributed by atoms with Gasteiger partial charge in [-0.05, 0) is 12.1 Å². The minimum atomic E-state index is -0.218. The van der Waals surface area contributed by atoms with Crippen LogP contribution in [-0.4, -0.2) is 39.1 Å². The van der Waals surface area contributed by atoms with Crippen LogP contribution < -0.4 is 5.32 Å². The van der Waals surface area contributed by atoms with E-state index in [1.807, 2.05) is 0 Å². The van der Waals surface area contributed by atoms with Crippen molar-refractivity contribution in [3.63, 3.8) is 0 Å². The summed E-state index contributed by atoms with van der Waals surface area (Å²) in [5.74, 6) is 5.44. The first-order chi connectivity index (χ1) is 10.3. The Hall–Kier alpha value is -2.65. The molecule has 21 heavy (non-hydrogen) atoms. The quantitative estimate of drug-likeness (QED) is 0.698. The highest BCUT2D eigenvalue weighted by Crippen LogP contribution is 1.99. The van der Waals surface area contributed by atoms with E-state index in [1.165, 1.54) is 0 Å². The summed E-state index contributed by atoms with van der Waals surface area (Å²) in [7, 11) is 0. The molecular weight excluding hydrogens is 268 g/mol. The van der Waals surface area contributed by atoms with E-state index in [0.29, 0.717) is 25.1 Å². The standard InChI is InChI=1S/C15H16N4O2/c20-8-2-1-3-12-4-5-14(18-9-12)15(21)17-7-6-13-10-16-11-19-13/h4-5,9-11,20H,2,6-8H2,(H,16,19)(H,17,21). The highest BCUT2D eigenvalue weighted by Gasteiger charge is 2.06. The number of rotatable bonds is 5. The van der Waals surface area contributed by atoms with E-state index in [2.05, 4.69) is 32.1 Å². The number of amides is 1. The lowest BCUT2D eigenvalue weighted by atomic mass is 10.2. The predicted octanol–water partition coefficient (Wildman–Crippen LogP) is 0.511. The van der Waals surface area contributed by atoms with E-state index in [0.717, 1.165) is 11.3 Å². The average molecular weight is 284 g/mol. The molecule has 0 aliphatic carbocycles. The molecule has 0 bridgehead atoms. The molecule has 108 valence electrons. The van der Waals surface area contributed by atoms with Gasteiger partial charge in [0.15, 0.2) is 0 Å². The fourth-order valence-corrected chi connectivity index (χ4v) is 1.65. The van der Waals surface area contributed by atoms with Crippen LogP contribution in [0.15, 0.2) is 30.9 Å². The molecule has 6 heteroatoms. The number of hydrogen-bond acceptors (Lipinski definition) is 4. The number of imidazole rings is 1. The zero-order valence-corrected chi connectivity index (χ0v) is 11.5. The van der Waals surface area contributed by atoms with Gasteiger partial charge in [-0.1, -0.05) is 11.8 Å². The van der Waals surface area contributed by atoms with Gasteiger partial charge in [-0.15, -0.1) is 0 Å². The molecule has 6 nitrogen and oxygen atoms in total. The smallest absolute Gasteiger partial charge is 0.269 e. The van der Waals surface area contributed by atoms with Crippen LogP contribution in [0.1, 0.15) is 28.2 Å². The molecule has 0 radical (unpaired) electrons. The van der Waals surface area contributed by atoms with Gasteiger partial charge < -0.3 is 15.4 Å². The molecule has 3 N–H and O–H groups in total. The first kappa shape index (κ1) is 14.8. The third-order valence-electron chi connectivity index (χ3n) is 2.70. The normalized spacial score (nSPS) is 9.76. The first-order valence-corrected chi connectivity index (χ1v) is 6.61. The Morgan fingerprint density at radius 2 is 2.29 bits per heavy atom. The Morgan fingerprint density at radius 1 is 1.38 bits per heavy atom. The van der Waals surface area contributed by atoms with Crippen LogP contribution >= 0.6 is 0 Å². The Balaban J connectivity index is 1.83. The summed E-state index contributed by atoms with van der Waals surface area (Å²) in [6.45, 7) is 0.554. The van der Waals surface area contributed by atoms with Gasteiger partial charge in [0.2, 0.25) is 0 Å². The maximum Gasteiger partial charge on any atom is 0.269 e. The lowest BCUT2D eigenvalue weighted by Crippen LogP contribution is -2.26. The maximum atomic E-state index is 11.9. The van der Waals surface area contributed by atoms with Gasteiger partial charge >= 0.3 is 0 Å². The van der Waals surface area contributed by atoms with E-state index in [-0.39, 0.29) is 12.5 Å². The van der Waals surface area contributed by atoms with Gasteiger partial charge in [-0.3, -0.25) is 4.79 Å². The topological polar surface area (TPSA) is 90.9 Å². The van der Waals surface area contributed by atoms with E-state index in [4.69, 9.17) is 5.11 Å². The number of aromatic amines is 1. The highest BCUT2D eigenvalue weighted by atomic mass is 16.2. The van der Waals surface area contributed by atoms with Crippen molar-refractivity contribution < 1.29 is 9.90 Å². The molecule has 0 atom stereocenters. The zero-order chi connectivity index (χ0) is 14.9. The third kappa shape index (κ3) is 4.75. The molecule has 0 aliphatic heterocycles. The Kier molecular flexibility index (Phi) is 5.50. The van der Waals surface area contributed by atoms with Crippen LogP contribution in [0, 0.1) is 11.8 Å². The number of aliphatic hydroxyl groups is 1. The molecule has 0 saturated carbocycles. The summed E-state index contributed by atoms with van der Waals surface area (Å²) in [4.78, 5) is 22.8. The number of H-pyrrole nitrogens is 1. The van der Waals surface area contributed by atoms with Crippen molar-refractivity contribution in [1.29, 1.82) is 0 Å². The third-order valence-corrected chi connectivity index (χ3v) is 2.70. The molecule has 0 saturated heterocycles. The first-order valence-electron chi connectivity index (χ1n) is 6.61. The number of carbonyl (C=O) groups excluding carboxylic acids is 1. The Bertz CT molecular complexity index is 624. The number of nitrogens with zero attached hydrogens (tertiary/aromatic N) is 2. The van der Waals surface area contributed by atoms with Crippen LogP contribution in [0.2, 0.25) is 0 Å². The summed E-state index contributed by atoms with van der Waals surface area (Å²) in [5.41, 5.74) is 2.04. The largest absolute Gasteiger partial charge is 0.395 e. The molecule has 2 heterocycles. The van der Waals surface area contributed by atoms with E-state index in [9.17, 15) is 4.79 Å². The second kappa shape index (κ2) is 7.82. The molecule has 2 aromatic heterocycles. The van der Waals surface area contributed by atoms with Crippen molar-refractivity contribution in [1.82, 2.24) is 20.3 Å². The van der Waals surface area contributed by atoms with E-state index in [1.54, 1.807) is 30.9 Å². The number of nitrogens with one attached hydrogen (secondary N) is 2. The number of pyridine rings is 1. The number of aliphatic hydroxyl groups excluding tert-OH is 1. The summed E-state index contributed by atoms with van der Waals surface area (Å²) in [6.07, 6.45) is 6.00. The summed E-state index contributed by atoms with van der Waals surface area (Å²) in [5, 5.41) is 11.4. The second-order valence-corrected chi connectivity index (χ2v) is 4.29. The van der Waals surface area contributed by atoms with Gasteiger partial charge in [0.05, 0.1) is 12.9 Å². The fraction of sp³-hybridized carbons (Fsp3) is 0.267. The van der Waals surface area contributed by atoms with Crippen molar-refractivity contribution in [2.75, 3.05) is 13.2 Å². The minimum absolute atomic E-state index is 0.0389. The molecule has 2 aromatic rings. The molecule has 2 rings (SSSR count). The molecule has 0 spiro atoms. The maximum absolute atomic E-state index is 11.9. The Morgan fingerprint density at radius 3 is 2.95 bits per heavy atom. The SMILES string of the molecule is O=C(NCCc1cnc[nH]1)c1ccc(C#CCCO)cn1. The van der Waals surface area contributed by atoms with Crippen molar-refractivity contribution >= 4 is 5.91 Å². The summed E-state index contributed by atoms with van der Waals surface area (Å²) in [6, 6.07) is 3.37. The van der Waals surface area contributed by atoms with Crippen LogP contribution in [0.3, 0.4) is 0 Å². The highest BCUT2D eigenvalue weighted by molar-refractivity contribution is 5.92. The number of hydrogen-bond donors (Lipinski definition) is 3. The van der Waals surface area contributed by atoms with Crippen molar-refractivity contribution in [3.8, 4) is 11.8 Å². The summed E-state index contributed by atoms with van der Waals surface area (Å²) >= 11 is 0. The fourth-order valence-electron chi connectivity index (χ4n) is 1.65. The van der Waals surface area contributed by atoms with Crippen LogP contribution in [0.5, 0.6) is 0 Å². The van der Waals surface area contributed by atoms with Crippen LogP contribution in [-0.2, 0) is 6.42 Å². The Labute approximate surface area is 122 Å². The lowest BCUT2D eigenvalue weighted by Gasteiger charge is -2.03. The predicted molar refractivity (Wildman–Crippen MR) is 77.4 cm³/mol. The molecule has 0 aromatic carbocycles. The van der Waals surface area contributed by atoms with E-state index >= 15 is 0 Å². The molecule has 1 amide bonds. The second-order valence-electron chi connectivity index (χ2n) is 4.29.